The topological polar surface area (TPSA) is 42.4 Å². The second-order valence-electron chi connectivity index (χ2n) is 5.39. The Kier molecular flexibility index (Phi) is 4.16. The van der Waals surface area contributed by atoms with E-state index >= 15 is 0 Å². The van der Waals surface area contributed by atoms with Crippen LogP contribution >= 0.6 is 23.1 Å². The minimum absolute atomic E-state index is 0.0336. The summed E-state index contributed by atoms with van der Waals surface area (Å²) in [6.45, 7) is 2.61. The van der Waals surface area contributed by atoms with E-state index in [2.05, 4.69) is 4.98 Å². The summed E-state index contributed by atoms with van der Waals surface area (Å²) in [7, 11) is 0. The van der Waals surface area contributed by atoms with Crippen molar-refractivity contribution in [2.24, 2.45) is 0 Å². The standard InChI is InChI=1S/C18H16N2O2S2/c1-2-22-13-9-7-12(8-10-13)17-20(16(21)11-23-17)18-19-14-5-3-4-6-15(14)24-18/h3-10,17H,2,11H2,1H3/t17-/m0/s1. The van der Waals surface area contributed by atoms with Crippen molar-refractivity contribution in [3.05, 3.63) is 54.1 Å². The zero-order valence-corrected chi connectivity index (χ0v) is 14.8. The van der Waals surface area contributed by atoms with Gasteiger partial charge in [0.1, 0.15) is 11.1 Å². The molecule has 1 fully saturated rings. The van der Waals surface area contributed by atoms with Crippen molar-refractivity contribution in [3.63, 3.8) is 0 Å². The lowest BCUT2D eigenvalue weighted by Gasteiger charge is -2.21. The number of benzene rings is 2. The highest BCUT2D eigenvalue weighted by molar-refractivity contribution is 8.00. The fourth-order valence-corrected chi connectivity index (χ4v) is 4.97. The molecule has 2 aromatic carbocycles. The SMILES string of the molecule is CCOc1ccc([C@@H]2SCC(=O)N2c2nc3ccccc3s2)cc1. The number of fused-ring (bicyclic) bond motifs is 1. The third-order valence-corrected chi connectivity index (χ3v) is 6.08. The van der Waals surface area contributed by atoms with Crippen LogP contribution in [0.5, 0.6) is 5.75 Å². The number of thiazole rings is 1. The van der Waals surface area contributed by atoms with E-state index < -0.39 is 0 Å². The van der Waals surface area contributed by atoms with Gasteiger partial charge < -0.3 is 4.74 Å². The molecule has 2 heterocycles. The molecule has 122 valence electrons. The van der Waals surface area contributed by atoms with Gasteiger partial charge in [-0.1, -0.05) is 35.6 Å². The number of anilines is 1. The molecule has 0 spiro atoms. The first-order valence-electron chi connectivity index (χ1n) is 7.78. The maximum Gasteiger partial charge on any atom is 0.240 e. The zero-order valence-electron chi connectivity index (χ0n) is 13.1. The van der Waals surface area contributed by atoms with Crippen molar-refractivity contribution >= 4 is 44.4 Å². The van der Waals surface area contributed by atoms with Gasteiger partial charge in [0.25, 0.3) is 0 Å². The van der Waals surface area contributed by atoms with Crippen molar-refractivity contribution in [3.8, 4) is 5.75 Å². The molecule has 4 rings (SSSR count). The number of para-hydroxylation sites is 1. The van der Waals surface area contributed by atoms with E-state index in [1.165, 1.54) is 0 Å². The van der Waals surface area contributed by atoms with E-state index in [0.717, 1.165) is 26.7 Å². The van der Waals surface area contributed by atoms with E-state index in [4.69, 9.17) is 4.74 Å². The summed E-state index contributed by atoms with van der Waals surface area (Å²) in [5.74, 6) is 1.44. The largest absolute Gasteiger partial charge is 0.494 e. The predicted octanol–water partition coefficient (Wildman–Crippen LogP) is 4.47. The van der Waals surface area contributed by atoms with Crippen LogP contribution in [0.3, 0.4) is 0 Å². The Bertz CT molecular complexity index is 843. The number of nitrogens with zero attached hydrogens (tertiary/aromatic N) is 2. The molecule has 1 aliphatic heterocycles. The molecule has 1 aromatic heterocycles. The summed E-state index contributed by atoms with van der Waals surface area (Å²) in [6, 6.07) is 16.0. The van der Waals surface area contributed by atoms with Gasteiger partial charge >= 0.3 is 0 Å². The van der Waals surface area contributed by atoms with Crippen LogP contribution < -0.4 is 9.64 Å². The molecule has 0 radical (unpaired) electrons. The minimum atomic E-state index is -0.0336. The molecule has 3 aromatic rings. The molecule has 1 saturated heterocycles. The molecule has 0 saturated carbocycles. The molecule has 0 unspecified atom stereocenters. The number of rotatable bonds is 4. The molecule has 0 aliphatic carbocycles. The Morgan fingerprint density at radius 3 is 2.75 bits per heavy atom. The third-order valence-electron chi connectivity index (χ3n) is 3.83. The number of thioether (sulfide) groups is 1. The van der Waals surface area contributed by atoms with Gasteiger partial charge in [-0.15, -0.1) is 11.8 Å². The summed E-state index contributed by atoms with van der Waals surface area (Å²) >= 11 is 3.20. The molecular weight excluding hydrogens is 340 g/mol. The van der Waals surface area contributed by atoms with E-state index in [1.807, 2.05) is 60.4 Å². The Balaban J connectivity index is 1.68. The van der Waals surface area contributed by atoms with E-state index in [0.29, 0.717) is 12.4 Å². The Labute approximate surface area is 148 Å². The van der Waals surface area contributed by atoms with Crippen LogP contribution in [0.1, 0.15) is 17.9 Å². The van der Waals surface area contributed by atoms with Crippen LogP contribution in [-0.2, 0) is 4.79 Å². The van der Waals surface area contributed by atoms with E-state index in [1.54, 1.807) is 23.1 Å². The van der Waals surface area contributed by atoms with Crippen molar-refractivity contribution in [2.45, 2.75) is 12.3 Å². The van der Waals surface area contributed by atoms with Crippen LogP contribution in [0.15, 0.2) is 48.5 Å². The van der Waals surface area contributed by atoms with Crippen LogP contribution in [0.2, 0.25) is 0 Å². The molecule has 1 aliphatic rings. The van der Waals surface area contributed by atoms with Gasteiger partial charge in [-0.3, -0.25) is 9.69 Å². The number of ether oxygens (including phenoxy) is 1. The Hall–Kier alpha value is -2.05. The zero-order chi connectivity index (χ0) is 16.5. The maximum atomic E-state index is 12.5. The number of carbonyl (C=O) groups excluding carboxylic acids is 1. The molecule has 4 nitrogen and oxygen atoms in total. The Morgan fingerprint density at radius 2 is 2.00 bits per heavy atom. The lowest BCUT2D eigenvalue weighted by atomic mass is 10.2. The molecule has 1 amide bonds. The molecular formula is C18H16N2O2S2. The van der Waals surface area contributed by atoms with Crippen molar-refractivity contribution in [1.29, 1.82) is 0 Å². The highest BCUT2D eigenvalue weighted by atomic mass is 32.2. The first-order chi connectivity index (χ1) is 11.8. The summed E-state index contributed by atoms with van der Waals surface area (Å²) < 4.78 is 6.60. The fourth-order valence-electron chi connectivity index (χ4n) is 2.74. The number of aromatic nitrogens is 1. The summed E-state index contributed by atoms with van der Waals surface area (Å²) in [5, 5.41) is 0.735. The van der Waals surface area contributed by atoms with Crippen molar-refractivity contribution in [1.82, 2.24) is 4.98 Å². The van der Waals surface area contributed by atoms with E-state index in [9.17, 15) is 4.79 Å². The fraction of sp³-hybridized carbons (Fsp3) is 0.222. The number of hydrogen-bond donors (Lipinski definition) is 0. The molecule has 6 heteroatoms. The molecule has 24 heavy (non-hydrogen) atoms. The van der Waals surface area contributed by atoms with Gasteiger partial charge in [0.2, 0.25) is 5.91 Å². The summed E-state index contributed by atoms with van der Waals surface area (Å²) in [4.78, 5) is 18.9. The number of amides is 1. The van der Waals surface area contributed by atoms with E-state index in [-0.39, 0.29) is 11.3 Å². The second kappa shape index (κ2) is 6.45. The van der Waals surface area contributed by atoms with Crippen molar-refractivity contribution in [2.75, 3.05) is 17.3 Å². The maximum absolute atomic E-state index is 12.5. The van der Waals surface area contributed by atoms with Gasteiger partial charge in [0.15, 0.2) is 5.13 Å². The molecule has 1 atom stereocenters. The predicted molar refractivity (Wildman–Crippen MR) is 99.9 cm³/mol. The lowest BCUT2D eigenvalue weighted by molar-refractivity contribution is -0.115. The smallest absolute Gasteiger partial charge is 0.240 e. The van der Waals surface area contributed by atoms with Crippen LogP contribution in [0, 0.1) is 0 Å². The monoisotopic (exact) mass is 356 g/mol. The average molecular weight is 356 g/mol. The van der Waals surface area contributed by atoms with Gasteiger partial charge in [0, 0.05) is 0 Å². The van der Waals surface area contributed by atoms with Gasteiger partial charge in [0.05, 0.1) is 22.6 Å². The quantitative estimate of drug-likeness (QED) is 0.691. The van der Waals surface area contributed by atoms with Crippen molar-refractivity contribution < 1.29 is 9.53 Å². The first-order valence-corrected chi connectivity index (χ1v) is 9.65. The van der Waals surface area contributed by atoms with Gasteiger partial charge in [-0.25, -0.2) is 4.98 Å². The highest BCUT2D eigenvalue weighted by Crippen LogP contribution is 2.44. The van der Waals surface area contributed by atoms with Gasteiger partial charge in [-0.05, 0) is 36.8 Å². The lowest BCUT2D eigenvalue weighted by Crippen LogP contribution is -2.27. The molecule has 0 N–H and O–H groups in total. The molecule has 0 bridgehead atoms. The van der Waals surface area contributed by atoms with Crippen LogP contribution in [0.4, 0.5) is 5.13 Å². The Morgan fingerprint density at radius 1 is 1.21 bits per heavy atom. The number of carbonyl (C=O) groups is 1. The number of hydrogen-bond acceptors (Lipinski definition) is 5. The first kappa shape index (κ1) is 15.5. The van der Waals surface area contributed by atoms with Crippen LogP contribution in [-0.4, -0.2) is 23.3 Å². The highest BCUT2D eigenvalue weighted by Gasteiger charge is 2.35. The van der Waals surface area contributed by atoms with Crippen LogP contribution in [0.25, 0.3) is 10.2 Å². The second-order valence-corrected chi connectivity index (χ2v) is 7.47. The summed E-state index contributed by atoms with van der Waals surface area (Å²) in [6.07, 6.45) is 0. The minimum Gasteiger partial charge on any atom is -0.494 e. The summed E-state index contributed by atoms with van der Waals surface area (Å²) in [5.41, 5.74) is 2.03. The normalized spacial score (nSPS) is 17.6. The third kappa shape index (κ3) is 2.76. The average Bonchev–Trinajstić information content (AvgIpc) is 3.18. The van der Waals surface area contributed by atoms with Gasteiger partial charge in [-0.2, -0.15) is 0 Å².